The van der Waals surface area contributed by atoms with Gasteiger partial charge < -0.3 is 18.9 Å². The molecule has 0 bridgehead atoms. The summed E-state index contributed by atoms with van der Waals surface area (Å²) in [6.45, 7) is 0.787. The first kappa shape index (κ1) is 26.5. The molecule has 6 nitrogen and oxygen atoms in total. The molecular formula is C43H29N5O. The van der Waals surface area contributed by atoms with Gasteiger partial charge in [-0.1, -0.05) is 72.8 Å². The third kappa shape index (κ3) is 3.63. The van der Waals surface area contributed by atoms with Crippen LogP contribution in [-0.4, -0.2) is 27.5 Å². The number of ether oxygens (including phenoxy) is 1. The third-order valence-electron chi connectivity index (χ3n) is 10.3. The molecule has 0 unspecified atom stereocenters. The average molecular weight is 632 g/mol. The van der Waals surface area contributed by atoms with E-state index in [1.807, 2.05) is 18.3 Å². The van der Waals surface area contributed by atoms with Crippen LogP contribution in [0.4, 0.5) is 17.1 Å². The van der Waals surface area contributed by atoms with E-state index in [1.165, 1.54) is 49.3 Å². The van der Waals surface area contributed by atoms with E-state index in [9.17, 15) is 0 Å². The Morgan fingerprint density at radius 1 is 0.510 bits per heavy atom. The number of nitrogens with zero attached hydrogens (tertiary/aromatic N) is 5. The monoisotopic (exact) mass is 631 g/mol. The van der Waals surface area contributed by atoms with Crippen LogP contribution in [0.25, 0.3) is 65.5 Å². The number of anilines is 3. The van der Waals surface area contributed by atoms with Gasteiger partial charge in [0.15, 0.2) is 5.65 Å². The molecule has 232 valence electrons. The maximum atomic E-state index is 6.66. The molecule has 1 aliphatic rings. The summed E-state index contributed by atoms with van der Waals surface area (Å²) in [6.07, 6.45) is 1.90. The van der Waals surface area contributed by atoms with E-state index < -0.39 is 0 Å². The Hall–Kier alpha value is -6.53. The van der Waals surface area contributed by atoms with Gasteiger partial charge in [0.05, 0.1) is 45.6 Å². The fraction of sp³-hybridized carbons (Fsp3) is 0.0465. The predicted molar refractivity (Wildman–Crippen MR) is 202 cm³/mol. The number of hydrogen-bond donors (Lipinski definition) is 0. The fourth-order valence-electron chi connectivity index (χ4n) is 8.22. The summed E-state index contributed by atoms with van der Waals surface area (Å²) in [5.74, 6) is 1.57. The topological polar surface area (TPSA) is 37.4 Å². The number of fused-ring (bicyclic) bond motifs is 11. The maximum absolute atomic E-state index is 6.66. The summed E-state index contributed by atoms with van der Waals surface area (Å²) in [5, 5.41) is 7.23. The van der Waals surface area contributed by atoms with Gasteiger partial charge in [-0.25, -0.2) is 4.98 Å². The zero-order valence-electron chi connectivity index (χ0n) is 26.7. The Kier molecular flexibility index (Phi) is 5.28. The van der Waals surface area contributed by atoms with E-state index in [4.69, 9.17) is 9.72 Å². The Morgan fingerprint density at radius 3 is 1.98 bits per heavy atom. The van der Waals surface area contributed by atoms with Gasteiger partial charge in [-0.3, -0.25) is 4.40 Å². The molecule has 49 heavy (non-hydrogen) atoms. The molecule has 4 aromatic heterocycles. The van der Waals surface area contributed by atoms with E-state index in [0.29, 0.717) is 0 Å². The molecule has 6 aromatic carbocycles. The largest absolute Gasteiger partial charge is 0.457 e. The summed E-state index contributed by atoms with van der Waals surface area (Å²) >= 11 is 0. The number of para-hydroxylation sites is 5. The van der Waals surface area contributed by atoms with Gasteiger partial charge in [-0.15, -0.1) is 0 Å². The molecule has 10 aromatic rings. The Morgan fingerprint density at radius 2 is 1.14 bits per heavy atom. The van der Waals surface area contributed by atoms with Crippen LogP contribution < -0.4 is 14.5 Å². The minimum absolute atomic E-state index is 0.776. The van der Waals surface area contributed by atoms with Crippen molar-refractivity contribution in [3.05, 3.63) is 146 Å². The number of aromatic nitrogens is 3. The van der Waals surface area contributed by atoms with E-state index in [1.54, 1.807) is 0 Å². The average Bonchev–Trinajstić information content (AvgIpc) is 3.78. The SMILES string of the molecule is CN1CN(c2cccc(Oc3ccc4c5cccc6c7cccc8c9ccccc9n(c9cccnc9n(c4c3)c56)c87)c2)c2ccccc21. The predicted octanol–water partition coefficient (Wildman–Crippen LogP) is 10.7. The van der Waals surface area contributed by atoms with Crippen molar-refractivity contribution in [3.63, 3.8) is 0 Å². The van der Waals surface area contributed by atoms with Crippen LogP contribution in [0.3, 0.4) is 0 Å². The Bertz CT molecular complexity index is 2990. The molecule has 0 spiro atoms. The first-order valence-corrected chi connectivity index (χ1v) is 16.6. The van der Waals surface area contributed by atoms with Crippen molar-refractivity contribution >= 4 is 82.6 Å². The lowest BCUT2D eigenvalue weighted by atomic mass is 10.0. The van der Waals surface area contributed by atoms with Gasteiger partial charge in [0.25, 0.3) is 0 Å². The first-order chi connectivity index (χ1) is 24.2. The van der Waals surface area contributed by atoms with Gasteiger partial charge in [0, 0.05) is 63.4 Å². The summed E-state index contributed by atoms with van der Waals surface area (Å²) in [4.78, 5) is 9.69. The standard InChI is InChI=1S/C43H29N5O/c1-45-26-46(38-19-5-4-18-37(38)45)27-10-6-11-28(24-27)49-29-21-22-31-33-14-8-16-35-34-15-7-13-32-30-12-2-3-17-36(30)47(41(32)34)39-20-9-23-44-43(39)48(42(33)35)40(31)25-29/h2-25H,26H2,1H3. The molecule has 6 heteroatoms. The molecule has 0 aliphatic carbocycles. The van der Waals surface area contributed by atoms with Crippen molar-refractivity contribution in [1.82, 2.24) is 13.8 Å². The van der Waals surface area contributed by atoms with Gasteiger partial charge in [0.1, 0.15) is 11.5 Å². The van der Waals surface area contributed by atoms with Crippen molar-refractivity contribution < 1.29 is 4.74 Å². The Labute approximate surface area is 281 Å². The van der Waals surface area contributed by atoms with Crippen molar-refractivity contribution in [2.24, 2.45) is 0 Å². The number of hydrogen-bond acceptors (Lipinski definition) is 4. The van der Waals surface area contributed by atoms with Gasteiger partial charge in [-0.2, -0.15) is 0 Å². The molecule has 0 amide bonds. The highest BCUT2D eigenvalue weighted by molar-refractivity contribution is 6.25. The molecule has 0 atom stereocenters. The number of benzene rings is 6. The molecule has 5 heterocycles. The second kappa shape index (κ2) is 9.75. The fourth-order valence-corrected chi connectivity index (χ4v) is 8.22. The molecule has 1 aliphatic heterocycles. The summed E-state index contributed by atoms with van der Waals surface area (Å²) < 4.78 is 11.4. The lowest BCUT2D eigenvalue weighted by Gasteiger charge is -2.20. The van der Waals surface area contributed by atoms with Crippen LogP contribution in [0.1, 0.15) is 0 Å². The van der Waals surface area contributed by atoms with E-state index in [2.05, 4.69) is 153 Å². The lowest BCUT2D eigenvalue weighted by molar-refractivity contribution is 0.483. The van der Waals surface area contributed by atoms with E-state index >= 15 is 0 Å². The summed E-state index contributed by atoms with van der Waals surface area (Å²) in [7, 11) is 2.13. The quantitative estimate of drug-likeness (QED) is 0.194. The van der Waals surface area contributed by atoms with Gasteiger partial charge in [0.2, 0.25) is 0 Å². The number of rotatable bonds is 3. The minimum Gasteiger partial charge on any atom is -0.457 e. The van der Waals surface area contributed by atoms with Crippen LogP contribution in [0, 0.1) is 0 Å². The van der Waals surface area contributed by atoms with Crippen molar-refractivity contribution in [2.45, 2.75) is 0 Å². The zero-order chi connectivity index (χ0) is 32.2. The molecule has 0 radical (unpaired) electrons. The smallest absolute Gasteiger partial charge is 0.162 e. The highest BCUT2D eigenvalue weighted by Gasteiger charge is 2.24. The first-order valence-electron chi connectivity index (χ1n) is 16.6. The Balaban J connectivity index is 1.17. The molecular weight excluding hydrogens is 603 g/mol. The van der Waals surface area contributed by atoms with Crippen LogP contribution in [0.5, 0.6) is 11.5 Å². The molecule has 11 rings (SSSR count). The van der Waals surface area contributed by atoms with Crippen LogP contribution in [-0.2, 0) is 0 Å². The highest BCUT2D eigenvalue weighted by Crippen LogP contribution is 2.43. The zero-order valence-corrected chi connectivity index (χ0v) is 26.7. The second-order valence-corrected chi connectivity index (χ2v) is 13.0. The van der Waals surface area contributed by atoms with Crippen LogP contribution >= 0.6 is 0 Å². The van der Waals surface area contributed by atoms with Gasteiger partial charge in [-0.05, 0) is 54.6 Å². The highest BCUT2D eigenvalue weighted by atomic mass is 16.5. The molecule has 0 fully saturated rings. The summed E-state index contributed by atoms with van der Waals surface area (Å²) in [6, 6.07) is 49.6. The van der Waals surface area contributed by atoms with E-state index in [0.717, 1.165) is 51.4 Å². The molecule has 0 saturated carbocycles. The summed E-state index contributed by atoms with van der Waals surface area (Å²) in [5.41, 5.74) is 10.0. The maximum Gasteiger partial charge on any atom is 0.162 e. The van der Waals surface area contributed by atoms with Crippen molar-refractivity contribution in [3.8, 4) is 11.5 Å². The van der Waals surface area contributed by atoms with Crippen molar-refractivity contribution in [2.75, 3.05) is 23.5 Å². The third-order valence-corrected chi connectivity index (χ3v) is 10.3. The van der Waals surface area contributed by atoms with Gasteiger partial charge >= 0.3 is 0 Å². The lowest BCUT2D eigenvalue weighted by Crippen LogP contribution is -2.23. The normalized spacial score (nSPS) is 13.2. The second-order valence-electron chi connectivity index (χ2n) is 13.0. The minimum atomic E-state index is 0.776. The van der Waals surface area contributed by atoms with Crippen LogP contribution in [0.15, 0.2) is 146 Å². The molecule has 0 N–H and O–H groups in total. The number of pyridine rings is 1. The van der Waals surface area contributed by atoms with Crippen molar-refractivity contribution in [1.29, 1.82) is 0 Å². The van der Waals surface area contributed by atoms with Crippen LogP contribution in [0.2, 0.25) is 0 Å². The molecule has 0 saturated heterocycles. The van der Waals surface area contributed by atoms with E-state index in [-0.39, 0.29) is 0 Å².